The quantitative estimate of drug-likeness (QED) is 0.364. The maximum Gasteiger partial charge on any atom is 0.245 e. The Labute approximate surface area is 213 Å². The lowest BCUT2D eigenvalue weighted by atomic mass is 10.1. The summed E-state index contributed by atoms with van der Waals surface area (Å²) in [4.78, 5) is 26.6. The van der Waals surface area contributed by atoms with E-state index in [9.17, 15) is 4.79 Å². The van der Waals surface area contributed by atoms with Gasteiger partial charge < -0.3 is 20.8 Å². The molecule has 1 aliphatic rings. The predicted octanol–water partition coefficient (Wildman–Crippen LogP) is 3.77. The smallest absolute Gasteiger partial charge is 0.245 e. The molecule has 0 aliphatic carbocycles. The van der Waals surface area contributed by atoms with Crippen molar-refractivity contribution in [3.05, 3.63) is 81.8 Å². The zero-order valence-corrected chi connectivity index (χ0v) is 20.9. The van der Waals surface area contributed by atoms with Crippen molar-refractivity contribution in [3.63, 3.8) is 0 Å². The summed E-state index contributed by atoms with van der Waals surface area (Å²) in [5, 5.41) is 6.48. The van der Waals surface area contributed by atoms with E-state index in [1.54, 1.807) is 25.4 Å². The number of methoxy groups -OCH3 is 1. The molecule has 0 fully saturated rings. The number of hydrogen-bond acceptors (Lipinski definition) is 8. The second-order valence-electron chi connectivity index (χ2n) is 8.73. The number of aryl methyl sites for hydroxylation is 2. The predicted molar refractivity (Wildman–Crippen MR) is 140 cm³/mol. The van der Waals surface area contributed by atoms with Gasteiger partial charge in [-0.25, -0.2) is 15.4 Å². The van der Waals surface area contributed by atoms with Crippen molar-refractivity contribution in [2.24, 2.45) is 0 Å². The molecule has 36 heavy (non-hydrogen) atoms. The maximum absolute atomic E-state index is 13.3. The van der Waals surface area contributed by atoms with Crippen LogP contribution in [-0.2, 0) is 17.9 Å². The van der Waals surface area contributed by atoms with E-state index in [-0.39, 0.29) is 5.91 Å². The van der Waals surface area contributed by atoms with Crippen molar-refractivity contribution >= 4 is 39.9 Å². The summed E-state index contributed by atoms with van der Waals surface area (Å²) in [5.74, 6) is 0.700. The van der Waals surface area contributed by atoms with Gasteiger partial charge in [0.2, 0.25) is 11.8 Å². The van der Waals surface area contributed by atoms with Crippen molar-refractivity contribution in [3.8, 4) is 5.88 Å². The lowest BCUT2D eigenvalue weighted by Crippen LogP contribution is -2.41. The summed E-state index contributed by atoms with van der Waals surface area (Å²) in [7, 11) is 1.55. The van der Waals surface area contributed by atoms with Gasteiger partial charge in [-0.1, -0.05) is 17.7 Å². The van der Waals surface area contributed by atoms with Crippen molar-refractivity contribution in [2.45, 2.75) is 33.0 Å². The number of fused-ring (bicyclic) bond motifs is 2. The molecule has 0 radical (unpaired) electrons. The van der Waals surface area contributed by atoms with Crippen LogP contribution in [0.1, 0.15) is 34.1 Å². The molecular formula is C26H26ClN7O2. The molecule has 1 aliphatic heterocycles. The van der Waals surface area contributed by atoms with E-state index in [1.165, 1.54) is 0 Å². The number of amides is 1. The zero-order valence-electron chi connectivity index (χ0n) is 20.2. The van der Waals surface area contributed by atoms with Gasteiger partial charge in [-0.3, -0.25) is 9.78 Å². The molecule has 4 aromatic rings. The van der Waals surface area contributed by atoms with Crippen molar-refractivity contribution in [1.82, 2.24) is 25.7 Å². The van der Waals surface area contributed by atoms with Gasteiger partial charge in [-0.15, -0.1) is 0 Å². The third-order valence-corrected chi connectivity index (χ3v) is 6.47. The highest BCUT2D eigenvalue weighted by Gasteiger charge is 2.35. The van der Waals surface area contributed by atoms with Crippen molar-refractivity contribution in [2.75, 3.05) is 17.9 Å². The number of pyridine rings is 3. The number of nitrogen functional groups attached to an aromatic ring is 1. The Hall–Kier alpha value is -3.95. The average Bonchev–Trinajstić information content (AvgIpc) is 3.20. The van der Waals surface area contributed by atoms with Crippen LogP contribution in [0.15, 0.2) is 48.7 Å². The van der Waals surface area contributed by atoms with E-state index in [1.807, 2.05) is 49.2 Å². The number of ether oxygens (including phenoxy) is 1. The topological polar surface area (TPSA) is 118 Å². The number of nitrogens with one attached hydrogen (secondary N) is 2. The molecule has 0 saturated carbocycles. The highest BCUT2D eigenvalue weighted by atomic mass is 35.5. The Kier molecular flexibility index (Phi) is 6.34. The Balaban J connectivity index is 1.39. The second-order valence-corrected chi connectivity index (χ2v) is 9.17. The van der Waals surface area contributed by atoms with Gasteiger partial charge in [0.15, 0.2) is 0 Å². The molecule has 0 spiro atoms. The summed E-state index contributed by atoms with van der Waals surface area (Å²) in [6, 6.07) is 12.7. The van der Waals surface area contributed by atoms with Crippen LogP contribution < -0.4 is 26.2 Å². The summed E-state index contributed by atoms with van der Waals surface area (Å²) >= 11 is 6.13. The minimum absolute atomic E-state index is 0.204. The molecule has 4 N–H and O–H groups in total. The Morgan fingerprint density at radius 2 is 2.03 bits per heavy atom. The van der Waals surface area contributed by atoms with Gasteiger partial charge >= 0.3 is 0 Å². The Morgan fingerprint density at radius 1 is 1.19 bits per heavy atom. The molecule has 3 aromatic heterocycles. The molecule has 10 heteroatoms. The van der Waals surface area contributed by atoms with Crippen LogP contribution in [0.25, 0.3) is 10.9 Å². The van der Waals surface area contributed by atoms with Gasteiger partial charge in [0.1, 0.15) is 11.9 Å². The number of rotatable bonds is 6. The number of carbonyl (C=O) groups is 1. The molecule has 4 heterocycles. The van der Waals surface area contributed by atoms with Gasteiger partial charge in [0.25, 0.3) is 0 Å². The van der Waals surface area contributed by atoms with Crippen LogP contribution in [0, 0.1) is 13.8 Å². The average molecular weight is 504 g/mol. The summed E-state index contributed by atoms with van der Waals surface area (Å²) in [5.41, 5.74) is 15.2. The van der Waals surface area contributed by atoms with Gasteiger partial charge in [0.05, 0.1) is 35.6 Å². The van der Waals surface area contributed by atoms with Crippen LogP contribution in [0.4, 0.5) is 11.5 Å². The fourth-order valence-corrected chi connectivity index (χ4v) is 4.64. The number of hydrazine groups is 1. The lowest BCUT2D eigenvalue weighted by Gasteiger charge is -2.21. The standard InChI is InChI=1S/C26H26ClN7O2/c1-14-8-22(28)31-15(2)19(14)12-30-26(35)25-24-21(6-7-23(32-24)36-3)34(33-25)13-16-4-5-20-17(9-16)10-18(27)11-29-20/h4-11,25,33H,12-13H2,1-3H3,(H2,28,31)(H,30,35). The van der Waals surface area contributed by atoms with E-state index in [4.69, 9.17) is 22.1 Å². The van der Waals surface area contributed by atoms with Gasteiger partial charge in [0, 0.05) is 29.9 Å². The van der Waals surface area contributed by atoms with Crippen LogP contribution in [0.3, 0.4) is 0 Å². The fraction of sp³-hybridized carbons (Fsp3) is 0.231. The number of carbonyl (C=O) groups excluding carboxylic acids is 1. The highest BCUT2D eigenvalue weighted by molar-refractivity contribution is 6.31. The SMILES string of the molecule is COc1ccc2c(n1)C(C(=O)NCc1c(C)cc(N)nc1C)NN2Cc1ccc2ncc(Cl)cc2c1. The molecule has 1 atom stereocenters. The highest BCUT2D eigenvalue weighted by Crippen LogP contribution is 2.34. The number of hydrogen-bond donors (Lipinski definition) is 3. The van der Waals surface area contributed by atoms with Crippen LogP contribution in [-0.4, -0.2) is 28.0 Å². The largest absolute Gasteiger partial charge is 0.481 e. The molecule has 0 saturated heterocycles. The van der Waals surface area contributed by atoms with Crippen LogP contribution >= 0.6 is 11.6 Å². The first-order chi connectivity index (χ1) is 17.3. The van der Waals surface area contributed by atoms with Crippen LogP contribution in [0.2, 0.25) is 5.02 Å². The monoisotopic (exact) mass is 503 g/mol. The van der Waals surface area contributed by atoms with Crippen molar-refractivity contribution in [1.29, 1.82) is 0 Å². The summed E-state index contributed by atoms with van der Waals surface area (Å²) in [6.07, 6.45) is 1.63. The van der Waals surface area contributed by atoms with E-state index < -0.39 is 6.04 Å². The minimum Gasteiger partial charge on any atom is -0.481 e. The molecule has 9 nitrogen and oxygen atoms in total. The van der Waals surface area contributed by atoms with E-state index in [2.05, 4.69) is 25.7 Å². The Morgan fingerprint density at radius 3 is 2.81 bits per heavy atom. The third kappa shape index (κ3) is 4.62. The van der Waals surface area contributed by atoms with Crippen LogP contribution in [0.5, 0.6) is 5.88 Å². The maximum atomic E-state index is 13.3. The first-order valence-electron chi connectivity index (χ1n) is 11.5. The zero-order chi connectivity index (χ0) is 25.4. The fourth-order valence-electron chi connectivity index (χ4n) is 4.47. The van der Waals surface area contributed by atoms with E-state index >= 15 is 0 Å². The molecule has 5 rings (SSSR count). The Bertz CT molecular complexity index is 1450. The number of halogens is 1. The number of nitrogens with two attached hydrogens (primary N) is 1. The lowest BCUT2D eigenvalue weighted by molar-refractivity contribution is -0.123. The normalized spacial score (nSPS) is 14.7. The van der Waals surface area contributed by atoms with Crippen molar-refractivity contribution < 1.29 is 9.53 Å². The minimum atomic E-state index is -0.686. The van der Waals surface area contributed by atoms with E-state index in [0.29, 0.717) is 35.5 Å². The summed E-state index contributed by atoms with van der Waals surface area (Å²) in [6.45, 7) is 4.68. The van der Waals surface area contributed by atoms with Gasteiger partial charge in [-0.2, -0.15) is 0 Å². The first kappa shape index (κ1) is 23.8. The molecule has 184 valence electrons. The van der Waals surface area contributed by atoms with Gasteiger partial charge in [-0.05, 0) is 60.9 Å². The number of aromatic nitrogens is 3. The van der Waals surface area contributed by atoms with E-state index in [0.717, 1.165) is 39.0 Å². The molecule has 1 amide bonds. The first-order valence-corrected chi connectivity index (χ1v) is 11.8. The molecule has 0 bridgehead atoms. The third-order valence-electron chi connectivity index (χ3n) is 6.26. The molecular weight excluding hydrogens is 478 g/mol. The number of nitrogens with zero attached hydrogens (tertiary/aromatic N) is 4. The number of anilines is 2. The number of benzene rings is 1. The molecule has 1 unspecified atom stereocenters. The second kappa shape index (κ2) is 9.60. The summed E-state index contributed by atoms with van der Waals surface area (Å²) < 4.78 is 5.32. The molecule has 1 aromatic carbocycles.